The van der Waals surface area contributed by atoms with Crippen molar-refractivity contribution in [1.82, 2.24) is 5.32 Å². The predicted octanol–water partition coefficient (Wildman–Crippen LogP) is 4.81. The molecule has 0 spiro atoms. The first-order chi connectivity index (χ1) is 15.7. The molecule has 0 aliphatic heterocycles. The van der Waals surface area contributed by atoms with Crippen LogP contribution in [0.3, 0.4) is 0 Å². The number of nitrogens with one attached hydrogen (secondary N) is 1. The Labute approximate surface area is 201 Å². The van der Waals surface area contributed by atoms with Crippen LogP contribution >= 0.6 is 0 Å². The summed E-state index contributed by atoms with van der Waals surface area (Å²) in [7, 11) is 1.55. The third-order valence-corrected chi connectivity index (χ3v) is 10.6. The summed E-state index contributed by atoms with van der Waals surface area (Å²) in [6.07, 6.45) is 8.22. The van der Waals surface area contributed by atoms with E-state index in [0.717, 1.165) is 38.6 Å². The van der Waals surface area contributed by atoms with Crippen LogP contribution in [0.5, 0.6) is 0 Å². The van der Waals surface area contributed by atoms with Gasteiger partial charge >= 0.3 is 5.97 Å². The molecule has 0 saturated heterocycles. The van der Waals surface area contributed by atoms with E-state index in [1.165, 1.54) is 19.3 Å². The van der Waals surface area contributed by atoms with E-state index in [1.54, 1.807) is 7.11 Å². The molecule has 10 atom stereocenters. The number of ether oxygens (including phenoxy) is 2. The summed E-state index contributed by atoms with van der Waals surface area (Å²) < 4.78 is 11.4. The van der Waals surface area contributed by atoms with Crippen LogP contribution in [0.2, 0.25) is 0 Å². The Kier molecular flexibility index (Phi) is 7.54. The molecule has 4 saturated carbocycles. The van der Waals surface area contributed by atoms with Gasteiger partial charge in [-0.15, -0.1) is 0 Å². The lowest BCUT2D eigenvalue weighted by Gasteiger charge is -2.64. The van der Waals surface area contributed by atoms with Crippen LogP contribution in [-0.4, -0.2) is 49.6 Å². The summed E-state index contributed by atoms with van der Waals surface area (Å²) in [6.45, 7) is 13.2. The maximum atomic E-state index is 12.8. The van der Waals surface area contributed by atoms with Crippen molar-refractivity contribution >= 4 is 5.97 Å². The van der Waals surface area contributed by atoms with Gasteiger partial charge in [0.2, 0.25) is 0 Å². The van der Waals surface area contributed by atoms with Gasteiger partial charge in [-0.05, 0) is 105 Å². The highest BCUT2D eigenvalue weighted by molar-refractivity contribution is 5.74. The van der Waals surface area contributed by atoms with E-state index in [1.807, 2.05) is 6.92 Å². The van der Waals surface area contributed by atoms with Crippen LogP contribution in [0.4, 0.5) is 0 Å². The van der Waals surface area contributed by atoms with Gasteiger partial charge in [-0.2, -0.15) is 0 Å². The number of fused-ring (bicyclic) bond motifs is 5. The van der Waals surface area contributed by atoms with Crippen LogP contribution in [-0.2, 0) is 14.3 Å². The lowest BCUT2D eigenvalue weighted by atomic mass is 9.43. The zero-order valence-corrected chi connectivity index (χ0v) is 21.9. The third-order valence-electron chi connectivity index (χ3n) is 10.6. The van der Waals surface area contributed by atoms with Gasteiger partial charge < -0.3 is 19.9 Å². The van der Waals surface area contributed by atoms with E-state index in [-0.39, 0.29) is 34.9 Å². The maximum absolute atomic E-state index is 12.8. The number of aliphatic hydroxyl groups is 1. The summed E-state index contributed by atoms with van der Waals surface area (Å²) in [5, 5.41) is 14.9. The van der Waals surface area contributed by atoms with Gasteiger partial charge in [-0.3, -0.25) is 4.79 Å². The molecule has 5 heteroatoms. The molecule has 0 amide bonds. The molecule has 0 radical (unpaired) electrons. The third kappa shape index (κ3) is 4.40. The molecule has 2 N–H and O–H groups in total. The van der Waals surface area contributed by atoms with Crippen molar-refractivity contribution in [2.45, 2.75) is 104 Å². The molecule has 190 valence electrons. The Bertz CT molecular complexity index is 697. The summed E-state index contributed by atoms with van der Waals surface area (Å²) in [5.74, 6) is 3.06. The van der Waals surface area contributed by atoms with Gasteiger partial charge in [0, 0.05) is 12.6 Å². The molecular formula is C28H49NO4. The highest BCUT2D eigenvalue weighted by Crippen LogP contribution is 2.67. The van der Waals surface area contributed by atoms with Crippen LogP contribution < -0.4 is 5.32 Å². The second-order valence-electron chi connectivity index (χ2n) is 12.7. The van der Waals surface area contributed by atoms with Gasteiger partial charge in [0.05, 0.1) is 25.2 Å². The first-order valence-electron chi connectivity index (χ1n) is 13.8. The number of methoxy groups -OCH3 is 1. The zero-order valence-electron chi connectivity index (χ0n) is 21.9. The molecule has 4 aliphatic rings. The van der Waals surface area contributed by atoms with Crippen LogP contribution in [0.25, 0.3) is 0 Å². The van der Waals surface area contributed by atoms with Crippen LogP contribution in [0.15, 0.2) is 0 Å². The van der Waals surface area contributed by atoms with Crippen LogP contribution in [0.1, 0.15) is 86.0 Å². The van der Waals surface area contributed by atoms with E-state index >= 15 is 0 Å². The molecule has 33 heavy (non-hydrogen) atoms. The Hall–Kier alpha value is -0.650. The minimum atomic E-state index is -0.337. The van der Waals surface area contributed by atoms with Crippen molar-refractivity contribution in [3.05, 3.63) is 0 Å². The number of hydrogen-bond acceptors (Lipinski definition) is 5. The number of esters is 1. The molecule has 4 aliphatic carbocycles. The highest BCUT2D eigenvalue weighted by atomic mass is 16.5. The van der Waals surface area contributed by atoms with Gasteiger partial charge in [0.15, 0.2) is 0 Å². The van der Waals surface area contributed by atoms with Crippen molar-refractivity contribution in [1.29, 1.82) is 0 Å². The summed E-state index contributed by atoms with van der Waals surface area (Å²) in [5.41, 5.74) is 0.183. The minimum Gasteiger partial charge on any atom is -0.469 e. The van der Waals surface area contributed by atoms with Gasteiger partial charge in [-0.25, -0.2) is 0 Å². The Balaban J connectivity index is 1.67. The minimum absolute atomic E-state index is 0.00326. The fraction of sp³-hybridized carbons (Fsp3) is 0.964. The molecule has 0 bridgehead atoms. The average molecular weight is 464 g/mol. The molecule has 0 aromatic carbocycles. The predicted molar refractivity (Wildman–Crippen MR) is 131 cm³/mol. The van der Waals surface area contributed by atoms with Crippen molar-refractivity contribution in [2.24, 2.45) is 46.3 Å². The van der Waals surface area contributed by atoms with Crippen molar-refractivity contribution < 1.29 is 19.4 Å². The number of aliphatic hydroxyl groups excluding tert-OH is 1. The van der Waals surface area contributed by atoms with Gasteiger partial charge in [-0.1, -0.05) is 27.7 Å². The normalized spacial score (nSPS) is 47.0. The van der Waals surface area contributed by atoms with E-state index in [0.29, 0.717) is 42.2 Å². The lowest BCUT2D eigenvalue weighted by molar-refractivity contribution is -0.182. The molecule has 5 nitrogen and oxygen atoms in total. The molecule has 0 heterocycles. The molecule has 4 fully saturated rings. The Morgan fingerprint density at radius 1 is 1.12 bits per heavy atom. The van der Waals surface area contributed by atoms with Gasteiger partial charge in [0.1, 0.15) is 0 Å². The fourth-order valence-corrected chi connectivity index (χ4v) is 9.11. The van der Waals surface area contributed by atoms with E-state index in [2.05, 4.69) is 33.0 Å². The van der Waals surface area contributed by atoms with Crippen molar-refractivity contribution in [3.8, 4) is 0 Å². The SMILES string of the molecule is CCO[C@H]1C[C@]2(C)C3C(NCCC(C)C)C[C@@]4(C)C(CC[C@@H]4C(=O)OC)C3CC[C@H]2C[C@@H]1O. The van der Waals surface area contributed by atoms with Gasteiger partial charge in [0.25, 0.3) is 0 Å². The monoisotopic (exact) mass is 463 g/mol. The average Bonchev–Trinajstić information content (AvgIpc) is 3.10. The molecule has 4 rings (SSSR count). The molecule has 0 aromatic heterocycles. The maximum Gasteiger partial charge on any atom is 0.309 e. The number of carbonyl (C=O) groups is 1. The quantitative estimate of drug-likeness (QED) is 0.531. The van der Waals surface area contributed by atoms with Crippen molar-refractivity contribution in [2.75, 3.05) is 20.3 Å². The summed E-state index contributed by atoms with van der Waals surface area (Å²) >= 11 is 0. The highest BCUT2D eigenvalue weighted by Gasteiger charge is 2.65. The van der Waals surface area contributed by atoms with E-state index < -0.39 is 0 Å². The fourth-order valence-electron chi connectivity index (χ4n) is 9.11. The lowest BCUT2D eigenvalue weighted by Crippen LogP contribution is -2.64. The van der Waals surface area contributed by atoms with E-state index in [4.69, 9.17) is 9.47 Å². The molecule has 0 aromatic rings. The standard InChI is InChI=1S/C28H49NO4/c1-7-33-24-16-27(4)18(14-23(24)30)8-9-19-20-10-11-21(26(31)32-6)28(20,5)15-22(25(19)27)29-13-12-17(2)3/h17-25,29-30H,7-16H2,1-6H3/t18-,19?,20?,21+,22?,23-,24-,25?,27-,28-/m0/s1. The molecular weight excluding hydrogens is 414 g/mol. The Morgan fingerprint density at radius 3 is 2.55 bits per heavy atom. The Morgan fingerprint density at radius 2 is 1.88 bits per heavy atom. The smallest absolute Gasteiger partial charge is 0.309 e. The summed E-state index contributed by atoms with van der Waals surface area (Å²) in [4.78, 5) is 12.8. The topological polar surface area (TPSA) is 67.8 Å². The largest absolute Gasteiger partial charge is 0.469 e. The zero-order chi connectivity index (χ0) is 24.0. The first kappa shape index (κ1) is 25.4. The number of rotatable bonds is 7. The van der Waals surface area contributed by atoms with E-state index in [9.17, 15) is 9.90 Å². The van der Waals surface area contributed by atoms with Crippen LogP contribution in [0, 0.1) is 46.3 Å². The summed E-state index contributed by atoms with van der Waals surface area (Å²) in [6, 6.07) is 0.408. The second kappa shape index (κ2) is 9.78. The molecule has 4 unspecified atom stereocenters. The van der Waals surface area contributed by atoms with Crippen molar-refractivity contribution in [3.63, 3.8) is 0 Å². The number of hydrogen-bond donors (Lipinski definition) is 2. The first-order valence-corrected chi connectivity index (χ1v) is 13.8. The second-order valence-corrected chi connectivity index (χ2v) is 12.7. The number of carbonyl (C=O) groups excluding carboxylic acids is 1.